The standard InChI is InChI=1S/C27H29N5O2/c33-26(21-1-2-21)31-11-9-30(10-12-31)24-7-8-28-32-17-22(13-25(24)32)20-3-5-23(6-4-20)27(34)14-19-15-29(16-19)18-27/h3-8,13-14,17,21,34H,1-2,9-12,15-16,18H2. The van der Waals surface area contributed by atoms with Crippen LogP contribution in [0, 0.1) is 5.92 Å². The molecule has 0 radical (unpaired) electrons. The van der Waals surface area contributed by atoms with Crippen molar-refractivity contribution in [2.75, 3.05) is 50.7 Å². The normalized spacial score (nSPS) is 26.4. The van der Waals surface area contributed by atoms with Gasteiger partial charge in [0.05, 0.1) is 11.2 Å². The lowest BCUT2D eigenvalue weighted by Gasteiger charge is -2.46. The summed E-state index contributed by atoms with van der Waals surface area (Å²) in [7, 11) is 0. The molecule has 4 aliphatic heterocycles. The van der Waals surface area contributed by atoms with Gasteiger partial charge in [-0.05, 0) is 47.8 Å². The van der Waals surface area contributed by atoms with Crippen molar-refractivity contribution >= 4 is 17.1 Å². The fraction of sp³-hybridized carbons (Fsp3) is 0.407. The van der Waals surface area contributed by atoms with Crippen LogP contribution in [0.4, 0.5) is 5.69 Å². The lowest BCUT2D eigenvalue weighted by Crippen LogP contribution is -2.53. The molecule has 8 rings (SSSR count). The van der Waals surface area contributed by atoms with Crippen LogP contribution in [0.15, 0.2) is 60.4 Å². The molecule has 0 spiro atoms. The molecule has 6 heterocycles. The first-order valence-corrected chi connectivity index (χ1v) is 12.3. The van der Waals surface area contributed by atoms with Crippen molar-refractivity contribution < 1.29 is 9.90 Å². The Hall–Kier alpha value is -3.16. The fourth-order valence-electron chi connectivity index (χ4n) is 5.76. The SMILES string of the molecule is O=C(C1CC1)N1CCN(c2ccnn3cc(-c4ccc(C5(O)C=C6CN(C6)C5)cc4)cc23)CC1. The molecule has 1 N–H and O–H groups in total. The van der Waals surface area contributed by atoms with Gasteiger partial charge in [-0.3, -0.25) is 9.69 Å². The van der Waals surface area contributed by atoms with Gasteiger partial charge in [-0.2, -0.15) is 5.10 Å². The second-order valence-electron chi connectivity index (χ2n) is 10.3. The van der Waals surface area contributed by atoms with E-state index in [0.29, 0.717) is 12.5 Å². The van der Waals surface area contributed by atoms with Crippen LogP contribution in [-0.2, 0) is 10.4 Å². The van der Waals surface area contributed by atoms with Gasteiger partial charge in [0.1, 0.15) is 5.60 Å². The molecular formula is C27H29N5O2. The van der Waals surface area contributed by atoms with Crippen LogP contribution in [0.1, 0.15) is 18.4 Å². The quantitative estimate of drug-likeness (QED) is 0.613. The highest BCUT2D eigenvalue weighted by atomic mass is 16.3. The van der Waals surface area contributed by atoms with Gasteiger partial charge in [0, 0.05) is 69.7 Å². The Morgan fingerprint density at radius 2 is 1.76 bits per heavy atom. The van der Waals surface area contributed by atoms with E-state index in [4.69, 9.17) is 0 Å². The van der Waals surface area contributed by atoms with E-state index in [9.17, 15) is 9.90 Å². The summed E-state index contributed by atoms with van der Waals surface area (Å²) >= 11 is 0. The molecule has 1 aliphatic carbocycles. The summed E-state index contributed by atoms with van der Waals surface area (Å²) in [4.78, 5) is 19.1. The van der Waals surface area contributed by atoms with Crippen molar-refractivity contribution in [3.8, 4) is 11.1 Å². The molecule has 1 amide bonds. The first kappa shape index (κ1) is 20.2. The number of hydrogen-bond acceptors (Lipinski definition) is 5. The van der Waals surface area contributed by atoms with E-state index in [-0.39, 0.29) is 5.92 Å². The molecule has 2 saturated heterocycles. The van der Waals surface area contributed by atoms with E-state index in [1.807, 2.05) is 33.8 Å². The molecule has 34 heavy (non-hydrogen) atoms. The lowest BCUT2D eigenvalue weighted by atomic mass is 9.83. The Morgan fingerprint density at radius 1 is 1.00 bits per heavy atom. The maximum Gasteiger partial charge on any atom is 0.225 e. The van der Waals surface area contributed by atoms with Crippen molar-refractivity contribution in [1.82, 2.24) is 19.4 Å². The number of carbonyl (C=O) groups excluding carboxylic acids is 1. The molecule has 2 bridgehead atoms. The molecule has 7 nitrogen and oxygen atoms in total. The molecule has 1 saturated carbocycles. The maximum atomic E-state index is 12.4. The van der Waals surface area contributed by atoms with E-state index >= 15 is 0 Å². The van der Waals surface area contributed by atoms with Crippen molar-refractivity contribution in [3.63, 3.8) is 0 Å². The number of aromatic nitrogens is 2. The minimum absolute atomic E-state index is 0.289. The minimum Gasteiger partial charge on any atom is -0.380 e. The van der Waals surface area contributed by atoms with Crippen LogP contribution in [0.3, 0.4) is 0 Å². The highest BCUT2D eigenvalue weighted by Crippen LogP contribution is 2.36. The molecule has 3 aromatic rings. The van der Waals surface area contributed by atoms with Gasteiger partial charge in [0.15, 0.2) is 0 Å². The highest BCUT2D eigenvalue weighted by Gasteiger charge is 2.39. The fourth-order valence-corrected chi connectivity index (χ4v) is 5.76. The molecule has 2 aromatic heterocycles. The van der Waals surface area contributed by atoms with Crippen LogP contribution in [0.5, 0.6) is 0 Å². The maximum absolute atomic E-state index is 12.4. The molecule has 7 heteroatoms. The second-order valence-corrected chi connectivity index (χ2v) is 10.3. The number of fused-ring (bicyclic) bond motifs is 3. The number of benzene rings is 1. The van der Waals surface area contributed by atoms with E-state index in [1.54, 1.807) is 0 Å². The first-order chi connectivity index (χ1) is 16.6. The van der Waals surface area contributed by atoms with Gasteiger partial charge < -0.3 is 14.9 Å². The van der Waals surface area contributed by atoms with Crippen molar-refractivity contribution in [2.45, 2.75) is 18.4 Å². The average molecular weight is 456 g/mol. The second kappa shape index (κ2) is 7.42. The van der Waals surface area contributed by atoms with Crippen LogP contribution in [0.25, 0.3) is 16.6 Å². The topological polar surface area (TPSA) is 64.3 Å². The average Bonchev–Trinajstić information content (AvgIpc) is 3.61. The molecule has 1 atom stereocenters. The summed E-state index contributed by atoms with van der Waals surface area (Å²) < 4.78 is 1.94. The van der Waals surface area contributed by atoms with E-state index in [1.165, 1.54) is 5.57 Å². The Morgan fingerprint density at radius 3 is 2.44 bits per heavy atom. The Bertz CT molecular complexity index is 1290. The highest BCUT2D eigenvalue weighted by molar-refractivity contribution is 5.82. The van der Waals surface area contributed by atoms with Crippen LogP contribution in [-0.4, -0.2) is 76.2 Å². The van der Waals surface area contributed by atoms with Crippen LogP contribution >= 0.6 is 0 Å². The Labute approximate surface area is 198 Å². The van der Waals surface area contributed by atoms with E-state index < -0.39 is 5.60 Å². The van der Waals surface area contributed by atoms with Gasteiger partial charge in [0.25, 0.3) is 0 Å². The molecule has 174 valence electrons. The van der Waals surface area contributed by atoms with Crippen molar-refractivity contribution in [2.24, 2.45) is 5.92 Å². The van der Waals surface area contributed by atoms with Crippen molar-refractivity contribution in [3.05, 3.63) is 66.0 Å². The summed E-state index contributed by atoms with van der Waals surface area (Å²) in [5.41, 5.74) is 5.84. The smallest absolute Gasteiger partial charge is 0.225 e. The third-order valence-corrected chi connectivity index (χ3v) is 7.82. The lowest BCUT2D eigenvalue weighted by molar-refractivity contribution is -0.132. The minimum atomic E-state index is -0.881. The van der Waals surface area contributed by atoms with E-state index in [2.05, 4.69) is 45.4 Å². The molecular weight excluding hydrogens is 426 g/mol. The zero-order chi connectivity index (χ0) is 22.9. The van der Waals surface area contributed by atoms with Gasteiger partial charge in [-0.15, -0.1) is 0 Å². The van der Waals surface area contributed by atoms with Crippen LogP contribution in [0.2, 0.25) is 0 Å². The van der Waals surface area contributed by atoms with Gasteiger partial charge in [0.2, 0.25) is 5.91 Å². The predicted octanol–water partition coefficient (Wildman–Crippen LogP) is 2.50. The number of amides is 1. The molecule has 3 fully saturated rings. The Kier molecular flexibility index (Phi) is 4.41. The Balaban J connectivity index is 1.13. The molecule has 1 aromatic carbocycles. The summed E-state index contributed by atoms with van der Waals surface area (Å²) in [5.74, 6) is 0.633. The number of hydrogen-bond donors (Lipinski definition) is 1. The van der Waals surface area contributed by atoms with Gasteiger partial charge in [-0.1, -0.05) is 24.3 Å². The third kappa shape index (κ3) is 3.34. The number of anilines is 1. The summed E-state index contributed by atoms with van der Waals surface area (Å²) in [5, 5.41) is 15.7. The number of piperazine rings is 1. The zero-order valence-corrected chi connectivity index (χ0v) is 19.2. The summed E-state index contributed by atoms with van der Waals surface area (Å²) in [6.07, 6.45) is 8.09. The predicted molar refractivity (Wildman–Crippen MR) is 131 cm³/mol. The molecule has 1 unspecified atom stereocenters. The third-order valence-electron chi connectivity index (χ3n) is 7.82. The van der Waals surface area contributed by atoms with Crippen molar-refractivity contribution in [1.29, 1.82) is 0 Å². The van der Waals surface area contributed by atoms with Crippen LogP contribution < -0.4 is 4.90 Å². The number of rotatable bonds is 4. The monoisotopic (exact) mass is 455 g/mol. The van der Waals surface area contributed by atoms with Gasteiger partial charge >= 0.3 is 0 Å². The van der Waals surface area contributed by atoms with E-state index in [0.717, 1.165) is 80.0 Å². The zero-order valence-electron chi connectivity index (χ0n) is 19.2. The first-order valence-electron chi connectivity index (χ1n) is 12.3. The number of nitrogens with zero attached hydrogens (tertiary/aromatic N) is 5. The van der Waals surface area contributed by atoms with Gasteiger partial charge in [-0.25, -0.2) is 4.52 Å². The summed E-state index contributed by atoms with van der Waals surface area (Å²) in [6, 6.07) is 12.6. The molecule has 5 aliphatic rings. The number of aliphatic hydroxyl groups is 1. The largest absolute Gasteiger partial charge is 0.380 e. The number of carbonyl (C=O) groups is 1. The summed E-state index contributed by atoms with van der Waals surface area (Å²) in [6.45, 7) is 5.93.